The van der Waals surface area contributed by atoms with Gasteiger partial charge in [-0.15, -0.1) is 0 Å². The Balaban J connectivity index is 2.10. The van der Waals surface area contributed by atoms with Crippen LogP contribution in [0.15, 0.2) is 63.9 Å². The van der Waals surface area contributed by atoms with Gasteiger partial charge in [0.25, 0.3) is 5.56 Å². The van der Waals surface area contributed by atoms with Crippen LogP contribution in [0, 0.1) is 0 Å². The van der Waals surface area contributed by atoms with Crippen LogP contribution in [-0.2, 0) is 13.5 Å². The van der Waals surface area contributed by atoms with Gasteiger partial charge in [0, 0.05) is 23.5 Å². The molecule has 0 unspecified atom stereocenters. The summed E-state index contributed by atoms with van der Waals surface area (Å²) in [4.78, 5) is 12.4. The fourth-order valence-electron chi connectivity index (χ4n) is 2.44. The molecule has 0 saturated carbocycles. The molecule has 1 aromatic heterocycles. The Hall–Kier alpha value is -1.87. The monoisotopic (exact) mass is 327 g/mol. The van der Waals surface area contributed by atoms with E-state index in [1.54, 1.807) is 4.57 Å². The fourth-order valence-corrected chi connectivity index (χ4v) is 2.70. The predicted molar refractivity (Wildman–Crippen MR) is 86.1 cm³/mol. The van der Waals surface area contributed by atoms with Gasteiger partial charge < -0.3 is 4.57 Å². The largest absolute Gasteiger partial charge is 0.311 e. The molecule has 0 bridgehead atoms. The summed E-state index contributed by atoms with van der Waals surface area (Å²) in [6, 6.07) is 18.0. The molecule has 0 aliphatic heterocycles. The molecule has 0 atom stereocenters. The number of fused-ring (bicyclic) bond motifs is 1. The third-order valence-corrected chi connectivity index (χ3v) is 4.04. The number of para-hydroxylation sites is 1. The summed E-state index contributed by atoms with van der Waals surface area (Å²) in [7, 11) is 1.83. The van der Waals surface area contributed by atoms with Crippen molar-refractivity contribution in [1.29, 1.82) is 0 Å². The second-order valence-electron chi connectivity index (χ2n) is 4.90. The zero-order valence-electron chi connectivity index (χ0n) is 11.1. The molecule has 0 N–H and O–H groups in total. The van der Waals surface area contributed by atoms with Gasteiger partial charge in [0.2, 0.25) is 0 Å². The first-order valence-corrected chi connectivity index (χ1v) is 7.26. The molecule has 0 spiro atoms. The smallest absolute Gasteiger partial charge is 0.254 e. The number of rotatable bonds is 2. The molecule has 2 aromatic carbocycles. The molecule has 1 heterocycles. The Kier molecular flexibility index (Phi) is 3.45. The predicted octanol–water partition coefficient (Wildman–Crippen LogP) is 3.89. The van der Waals surface area contributed by atoms with Crippen LogP contribution < -0.4 is 5.56 Å². The molecule has 0 radical (unpaired) electrons. The van der Waals surface area contributed by atoms with Gasteiger partial charge in [0.15, 0.2) is 0 Å². The summed E-state index contributed by atoms with van der Waals surface area (Å²) < 4.78 is 2.77. The van der Waals surface area contributed by atoms with Gasteiger partial charge in [-0.05, 0) is 35.2 Å². The number of aryl methyl sites for hydroxylation is 1. The lowest BCUT2D eigenvalue weighted by Crippen LogP contribution is -2.21. The molecular formula is C17H14BrNO. The van der Waals surface area contributed by atoms with Crippen molar-refractivity contribution < 1.29 is 0 Å². The highest BCUT2D eigenvalue weighted by molar-refractivity contribution is 9.10. The number of pyridine rings is 1. The van der Waals surface area contributed by atoms with Gasteiger partial charge in [-0.25, -0.2) is 0 Å². The van der Waals surface area contributed by atoms with Crippen LogP contribution in [0.2, 0.25) is 0 Å². The maximum atomic E-state index is 12.4. The Morgan fingerprint density at radius 1 is 1.05 bits per heavy atom. The minimum atomic E-state index is 0.0756. The molecule has 3 rings (SSSR count). The fraction of sp³-hybridized carbons (Fsp3) is 0.118. The molecule has 0 fully saturated rings. The summed E-state index contributed by atoms with van der Waals surface area (Å²) in [5, 5.41) is 1.10. The van der Waals surface area contributed by atoms with Crippen molar-refractivity contribution >= 4 is 26.8 Å². The highest BCUT2D eigenvalue weighted by Crippen LogP contribution is 2.16. The van der Waals surface area contributed by atoms with E-state index in [1.165, 1.54) is 0 Å². The SMILES string of the molecule is Cn1c(=O)c(Cc2ccc(Br)cc2)cc2ccccc21. The zero-order chi connectivity index (χ0) is 14.1. The van der Waals surface area contributed by atoms with Crippen LogP contribution in [0.1, 0.15) is 11.1 Å². The second kappa shape index (κ2) is 5.25. The van der Waals surface area contributed by atoms with Crippen LogP contribution >= 0.6 is 15.9 Å². The average Bonchev–Trinajstić information content (AvgIpc) is 2.47. The molecule has 0 amide bonds. The Labute approximate surface area is 125 Å². The van der Waals surface area contributed by atoms with Gasteiger partial charge in [-0.1, -0.05) is 46.3 Å². The molecule has 3 aromatic rings. The first-order chi connectivity index (χ1) is 9.65. The minimum Gasteiger partial charge on any atom is -0.311 e. The summed E-state index contributed by atoms with van der Waals surface area (Å²) >= 11 is 3.42. The first kappa shape index (κ1) is 13.1. The molecule has 20 heavy (non-hydrogen) atoms. The lowest BCUT2D eigenvalue weighted by Gasteiger charge is -2.09. The van der Waals surface area contributed by atoms with Crippen LogP contribution in [0.4, 0.5) is 0 Å². The summed E-state index contributed by atoms with van der Waals surface area (Å²) in [6.07, 6.45) is 0.658. The van der Waals surface area contributed by atoms with Crippen molar-refractivity contribution in [2.24, 2.45) is 7.05 Å². The van der Waals surface area contributed by atoms with Crippen molar-refractivity contribution in [2.45, 2.75) is 6.42 Å². The van der Waals surface area contributed by atoms with Gasteiger partial charge in [0.1, 0.15) is 0 Å². The van der Waals surface area contributed by atoms with Gasteiger partial charge in [-0.2, -0.15) is 0 Å². The van der Waals surface area contributed by atoms with Crippen LogP contribution in [0.5, 0.6) is 0 Å². The molecule has 3 heteroatoms. The minimum absolute atomic E-state index is 0.0756. The topological polar surface area (TPSA) is 22.0 Å². The number of aromatic nitrogens is 1. The molecule has 100 valence electrons. The summed E-state index contributed by atoms with van der Waals surface area (Å²) in [5.74, 6) is 0. The van der Waals surface area contributed by atoms with Crippen LogP contribution in [0.25, 0.3) is 10.9 Å². The number of hydrogen-bond acceptors (Lipinski definition) is 1. The van der Waals surface area contributed by atoms with E-state index in [1.807, 2.05) is 61.6 Å². The summed E-state index contributed by atoms with van der Waals surface area (Å²) in [5.41, 5.74) is 3.01. The highest BCUT2D eigenvalue weighted by atomic mass is 79.9. The molecule has 2 nitrogen and oxygen atoms in total. The number of benzene rings is 2. The Morgan fingerprint density at radius 2 is 1.75 bits per heavy atom. The third-order valence-electron chi connectivity index (χ3n) is 3.52. The number of halogens is 1. The van der Waals surface area contributed by atoms with Crippen molar-refractivity contribution in [2.75, 3.05) is 0 Å². The standard InChI is InChI=1S/C17H14BrNO/c1-19-16-5-3-2-4-13(16)11-14(17(19)20)10-12-6-8-15(18)9-7-12/h2-9,11H,10H2,1H3. The number of hydrogen-bond donors (Lipinski definition) is 0. The van der Waals surface area contributed by atoms with Crippen molar-refractivity contribution in [1.82, 2.24) is 4.57 Å². The third kappa shape index (κ3) is 2.41. The maximum Gasteiger partial charge on any atom is 0.254 e. The normalized spacial score (nSPS) is 10.9. The average molecular weight is 328 g/mol. The Morgan fingerprint density at radius 3 is 2.50 bits per heavy atom. The van der Waals surface area contributed by atoms with Gasteiger partial charge >= 0.3 is 0 Å². The van der Waals surface area contributed by atoms with E-state index in [9.17, 15) is 4.79 Å². The lowest BCUT2D eigenvalue weighted by atomic mass is 10.0. The lowest BCUT2D eigenvalue weighted by molar-refractivity contribution is 0.882. The van der Waals surface area contributed by atoms with Crippen LogP contribution in [-0.4, -0.2) is 4.57 Å². The van der Waals surface area contributed by atoms with E-state index in [0.717, 1.165) is 26.5 Å². The molecule has 0 aliphatic rings. The van der Waals surface area contributed by atoms with E-state index in [-0.39, 0.29) is 5.56 Å². The molecule has 0 aliphatic carbocycles. The Bertz CT molecular complexity index is 819. The molecule has 0 saturated heterocycles. The number of nitrogens with zero attached hydrogens (tertiary/aromatic N) is 1. The quantitative estimate of drug-likeness (QED) is 0.699. The van der Waals surface area contributed by atoms with E-state index in [0.29, 0.717) is 6.42 Å². The summed E-state index contributed by atoms with van der Waals surface area (Å²) in [6.45, 7) is 0. The first-order valence-electron chi connectivity index (χ1n) is 6.47. The highest BCUT2D eigenvalue weighted by Gasteiger charge is 2.07. The maximum absolute atomic E-state index is 12.4. The van der Waals surface area contributed by atoms with Crippen molar-refractivity contribution in [3.63, 3.8) is 0 Å². The van der Waals surface area contributed by atoms with Crippen molar-refractivity contribution in [3.05, 3.63) is 80.6 Å². The van der Waals surface area contributed by atoms with Crippen molar-refractivity contribution in [3.8, 4) is 0 Å². The van der Waals surface area contributed by atoms with Crippen LogP contribution in [0.3, 0.4) is 0 Å². The van der Waals surface area contributed by atoms with E-state index >= 15 is 0 Å². The van der Waals surface area contributed by atoms with E-state index in [2.05, 4.69) is 15.9 Å². The van der Waals surface area contributed by atoms with E-state index < -0.39 is 0 Å². The van der Waals surface area contributed by atoms with E-state index in [4.69, 9.17) is 0 Å². The van der Waals surface area contributed by atoms with Gasteiger partial charge in [0.05, 0.1) is 5.52 Å². The zero-order valence-corrected chi connectivity index (χ0v) is 12.7. The molecular weight excluding hydrogens is 314 g/mol. The van der Waals surface area contributed by atoms with Gasteiger partial charge in [-0.3, -0.25) is 4.79 Å². The second-order valence-corrected chi connectivity index (χ2v) is 5.81.